The Balaban J connectivity index is 2.18. The average molecular weight is 324 g/mol. The topological polar surface area (TPSA) is 48.7 Å². The van der Waals surface area contributed by atoms with Crippen molar-refractivity contribution in [3.05, 3.63) is 45.3 Å². The van der Waals surface area contributed by atoms with Crippen LogP contribution in [0.4, 0.5) is 0 Å². The molecule has 2 aliphatic heterocycles. The summed E-state index contributed by atoms with van der Waals surface area (Å²) in [6.45, 7) is 9.67. The van der Waals surface area contributed by atoms with Gasteiger partial charge in [0.2, 0.25) is 0 Å². The molecule has 1 aromatic heterocycles. The first-order chi connectivity index (χ1) is 11.2. The fraction of sp³-hybridized carbons (Fsp3) is 0.350. The highest BCUT2D eigenvalue weighted by molar-refractivity contribution is 5.98. The molecule has 24 heavy (non-hydrogen) atoms. The van der Waals surface area contributed by atoms with E-state index in [4.69, 9.17) is 13.9 Å². The van der Waals surface area contributed by atoms with Gasteiger partial charge in [0.1, 0.15) is 33.8 Å². The van der Waals surface area contributed by atoms with E-state index in [1.165, 1.54) is 6.07 Å². The molecule has 124 valence electrons. The second-order valence-corrected chi connectivity index (χ2v) is 7.49. The monoisotopic (exact) mass is 324 g/mol. The zero-order valence-corrected chi connectivity index (χ0v) is 14.5. The zero-order valence-electron chi connectivity index (χ0n) is 14.5. The lowest BCUT2D eigenvalue weighted by atomic mass is 9.93. The Morgan fingerprint density at radius 1 is 0.875 bits per heavy atom. The van der Waals surface area contributed by atoms with E-state index in [1.54, 1.807) is 6.92 Å². The molecule has 0 aliphatic carbocycles. The Hall–Kier alpha value is -2.49. The maximum absolute atomic E-state index is 12.7. The molecule has 0 amide bonds. The fourth-order valence-electron chi connectivity index (χ4n) is 3.18. The van der Waals surface area contributed by atoms with E-state index in [1.807, 2.05) is 52.0 Å². The van der Waals surface area contributed by atoms with Crippen molar-refractivity contribution in [2.45, 2.75) is 45.8 Å². The molecular weight excluding hydrogens is 304 g/mol. The number of ether oxygens (including phenoxy) is 2. The number of aryl methyl sites for hydroxylation is 1. The standard InChI is InChI=1S/C20H20O4/c1-11-10-14(21)15-17(22-11)12-6-8-19(2,3)23-16(12)13-7-9-20(4,5)24-18(13)15/h6-10H,1-5H3. The highest BCUT2D eigenvalue weighted by atomic mass is 16.5. The first-order valence-corrected chi connectivity index (χ1v) is 8.08. The lowest BCUT2D eigenvalue weighted by molar-refractivity contribution is 0.147. The van der Waals surface area contributed by atoms with Gasteiger partial charge in [0.15, 0.2) is 11.0 Å². The minimum Gasteiger partial charge on any atom is -0.482 e. The summed E-state index contributed by atoms with van der Waals surface area (Å²) < 4.78 is 18.2. The first-order valence-electron chi connectivity index (χ1n) is 8.08. The average Bonchev–Trinajstić information content (AvgIpc) is 2.44. The third-order valence-corrected chi connectivity index (χ3v) is 4.31. The highest BCUT2D eigenvalue weighted by Crippen LogP contribution is 2.47. The van der Waals surface area contributed by atoms with Crippen molar-refractivity contribution in [1.29, 1.82) is 0 Å². The van der Waals surface area contributed by atoms with E-state index >= 15 is 0 Å². The number of hydrogen-bond donors (Lipinski definition) is 0. The van der Waals surface area contributed by atoms with Gasteiger partial charge in [-0.25, -0.2) is 0 Å². The molecule has 0 bridgehead atoms. The highest BCUT2D eigenvalue weighted by Gasteiger charge is 2.33. The van der Waals surface area contributed by atoms with Crippen LogP contribution in [0.25, 0.3) is 23.1 Å². The van der Waals surface area contributed by atoms with Crippen molar-refractivity contribution in [3.63, 3.8) is 0 Å². The summed E-state index contributed by atoms with van der Waals surface area (Å²) in [5.74, 6) is 1.81. The molecule has 0 fully saturated rings. The van der Waals surface area contributed by atoms with Crippen molar-refractivity contribution in [2.24, 2.45) is 0 Å². The molecule has 0 unspecified atom stereocenters. The molecule has 0 radical (unpaired) electrons. The molecule has 0 saturated carbocycles. The molecule has 0 spiro atoms. The quantitative estimate of drug-likeness (QED) is 0.717. The van der Waals surface area contributed by atoms with Crippen molar-refractivity contribution < 1.29 is 13.9 Å². The smallest absolute Gasteiger partial charge is 0.196 e. The Morgan fingerprint density at radius 2 is 1.46 bits per heavy atom. The molecule has 0 saturated heterocycles. The van der Waals surface area contributed by atoms with Crippen LogP contribution in [0.2, 0.25) is 0 Å². The number of fused-ring (bicyclic) bond motifs is 6. The third kappa shape index (κ3) is 2.17. The van der Waals surface area contributed by atoms with Gasteiger partial charge in [-0.05, 0) is 58.9 Å². The number of benzene rings is 1. The lowest BCUT2D eigenvalue weighted by Gasteiger charge is -2.34. The second-order valence-electron chi connectivity index (χ2n) is 7.49. The molecule has 4 rings (SSSR count). The molecule has 1 aromatic carbocycles. The van der Waals surface area contributed by atoms with Crippen LogP contribution in [-0.2, 0) is 0 Å². The Labute approximate surface area is 140 Å². The normalized spacial score (nSPS) is 19.4. The van der Waals surface area contributed by atoms with Crippen LogP contribution in [-0.4, -0.2) is 11.2 Å². The second kappa shape index (κ2) is 4.53. The van der Waals surface area contributed by atoms with Crippen LogP contribution in [0, 0.1) is 6.92 Å². The van der Waals surface area contributed by atoms with E-state index in [0.29, 0.717) is 28.2 Å². The van der Waals surface area contributed by atoms with Gasteiger partial charge in [-0.15, -0.1) is 0 Å². The van der Waals surface area contributed by atoms with Crippen LogP contribution in [0.5, 0.6) is 11.5 Å². The Kier molecular flexibility index (Phi) is 2.84. The summed E-state index contributed by atoms with van der Waals surface area (Å²) in [7, 11) is 0. The maximum atomic E-state index is 12.7. The first kappa shape index (κ1) is 15.1. The van der Waals surface area contributed by atoms with Gasteiger partial charge < -0.3 is 13.9 Å². The van der Waals surface area contributed by atoms with Crippen LogP contribution < -0.4 is 14.9 Å². The largest absolute Gasteiger partial charge is 0.482 e. The van der Waals surface area contributed by atoms with Crippen LogP contribution in [0.3, 0.4) is 0 Å². The predicted octanol–water partition coefficient (Wildman–Crippen LogP) is 4.47. The minimum atomic E-state index is -0.495. The summed E-state index contributed by atoms with van der Waals surface area (Å²) in [5.41, 5.74) is 1.08. The maximum Gasteiger partial charge on any atom is 0.196 e. The number of hydrogen-bond acceptors (Lipinski definition) is 4. The van der Waals surface area contributed by atoms with Crippen LogP contribution in [0.15, 0.2) is 27.4 Å². The van der Waals surface area contributed by atoms with Gasteiger partial charge in [-0.1, -0.05) is 0 Å². The molecule has 3 heterocycles. The predicted molar refractivity (Wildman–Crippen MR) is 94.7 cm³/mol. The van der Waals surface area contributed by atoms with E-state index in [0.717, 1.165) is 11.1 Å². The van der Waals surface area contributed by atoms with Crippen molar-refractivity contribution in [2.75, 3.05) is 0 Å². The molecule has 0 atom stereocenters. The lowest BCUT2D eigenvalue weighted by Crippen LogP contribution is -2.31. The van der Waals surface area contributed by atoms with E-state index in [9.17, 15) is 4.79 Å². The Morgan fingerprint density at radius 3 is 2.12 bits per heavy atom. The third-order valence-electron chi connectivity index (χ3n) is 4.31. The fourth-order valence-corrected chi connectivity index (χ4v) is 3.18. The van der Waals surface area contributed by atoms with Crippen molar-refractivity contribution in [1.82, 2.24) is 0 Å². The summed E-state index contributed by atoms with van der Waals surface area (Å²) in [4.78, 5) is 12.7. The zero-order chi connectivity index (χ0) is 17.3. The van der Waals surface area contributed by atoms with E-state index in [-0.39, 0.29) is 5.43 Å². The number of rotatable bonds is 0. The van der Waals surface area contributed by atoms with Crippen LogP contribution >= 0.6 is 0 Å². The molecule has 4 nitrogen and oxygen atoms in total. The van der Waals surface area contributed by atoms with Gasteiger partial charge in [-0.3, -0.25) is 4.79 Å². The molecule has 4 heteroatoms. The SMILES string of the molecule is Cc1cc(=O)c2c3c(c4c(c2o1)C=CC(C)(C)O4)C=CC(C)(C)O3. The van der Waals surface area contributed by atoms with Crippen molar-refractivity contribution in [3.8, 4) is 11.5 Å². The van der Waals surface area contributed by atoms with E-state index < -0.39 is 11.2 Å². The Bertz CT molecular complexity index is 987. The molecule has 2 aliphatic rings. The van der Waals surface area contributed by atoms with Crippen LogP contribution in [0.1, 0.15) is 44.6 Å². The molecular formula is C20H20O4. The van der Waals surface area contributed by atoms with Gasteiger partial charge in [-0.2, -0.15) is 0 Å². The van der Waals surface area contributed by atoms with Gasteiger partial charge >= 0.3 is 0 Å². The van der Waals surface area contributed by atoms with Crippen molar-refractivity contribution >= 4 is 23.1 Å². The summed E-state index contributed by atoms with van der Waals surface area (Å²) in [6.07, 6.45) is 7.90. The molecule has 2 aromatic rings. The summed E-state index contributed by atoms with van der Waals surface area (Å²) in [5, 5.41) is 0.472. The van der Waals surface area contributed by atoms with Gasteiger partial charge in [0.25, 0.3) is 0 Å². The van der Waals surface area contributed by atoms with Gasteiger partial charge in [0, 0.05) is 6.07 Å². The van der Waals surface area contributed by atoms with Gasteiger partial charge in [0.05, 0.1) is 11.1 Å². The van der Waals surface area contributed by atoms with E-state index in [2.05, 4.69) is 0 Å². The summed E-state index contributed by atoms with van der Waals surface area (Å²) >= 11 is 0. The molecule has 0 N–H and O–H groups in total. The minimum absolute atomic E-state index is 0.0999. The summed E-state index contributed by atoms with van der Waals surface area (Å²) in [6, 6.07) is 1.50.